The van der Waals surface area contributed by atoms with Crippen molar-refractivity contribution in [2.24, 2.45) is 5.29 Å². The van der Waals surface area contributed by atoms with Crippen molar-refractivity contribution in [1.29, 1.82) is 0 Å². The smallest absolute Gasteiger partial charge is 0.246 e. The molecule has 4 amide bonds. The van der Waals surface area contributed by atoms with Gasteiger partial charge in [0.2, 0.25) is 23.6 Å². The third kappa shape index (κ3) is 23.8. The summed E-state index contributed by atoms with van der Waals surface area (Å²) in [4.78, 5) is 59.4. The lowest BCUT2D eigenvalue weighted by atomic mass is 10.2. The van der Waals surface area contributed by atoms with Crippen molar-refractivity contribution in [1.82, 2.24) is 31.1 Å². The maximum atomic E-state index is 12.3. The first-order valence-electron chi connectivity index (χ1n) is 18.0. The minimum Gasteiger partial charge on any atom is -0.389 e. The number of anilines is 2. The first-order chi connectivity index (χ1) is 25.3. The van der Waals surface area contributed by atoms with Gasteiger partial charge in [0.25, 0.3) is 0 Å². The van der Waals surface area contributed by atoms with E-state index >= 15 is 0 Å². The predicted molar refractivity (Wildman–Crippen MR) is 213 cm³/mol. The van der Waals surface area contributed by atoms with Crippen molar-refractivity contribution >= 4 is 69.5 Å². The van der Waals surface area contributed by atoms with Crippen LogP contribution in [0.5, 0.6) is 0 Å². The summed E-state index contributed by atoms with van der Waals surface area (Å²) in [6.45, 7) is 9.31. The molecule has 53 heavy (non-hydrogen) atoms. The Morgan fingerprint density at radius 3 is 1.74 bits per heavy atom. The molecule has 0 saturated heterocycles. The summed E-state index contributed by atoms with van der Waals surface area (Å²) in [5.41, 5.74) is 2.44. The third-order valence-corrected chi connectivity index (χ3v) is 8.18. The topological polar surface area (TPSA) is 208 Å². The molecule has 0 heterocycles. The highest BCUT2D eigenvalue weighted by molar-refractivity contribution is 7.80. The molecule has 16 nitrogen and oxygen atoms in total. The maximum absolute atomic E-state index is 12.3. The quantitative estimate of drug-likeness (QED) is 0.0197. The van der Waals surface area contributed by atoms with Crippen molar-refractivity contribution < 1.29 is 29.6 Å². The zero-order valence-corrected chi connectivity index (χ0v) is 32.6. The highest BCUT2D eigenvalue weighted by Gasteiger charge is 2.16. The van der Waals surface area contributed by atoms with E-state index < -0.39 is 11.8 Å². The van der Waals surface area contributed by atoms with Crippen LogP contribution in [0.4, 0.5) is 11.4 Å². The van der Waals surface area contributed by atoms with Gasteiger partial charge < -0.3 is 26.6 Å². The van der Waals surface area contributed by atoms with Gasteiger partial charge in [0.1, 0.15) is 0 Å². The first kappa shape index (κ1) is 46.8. The number of rotatable bonds is 28. The summed E-state index contributed by atoms with van der Waals surface area (Å²) < 4.78 is 0. The molecule has 0 bridgehead atoms. The maximum Gasteiger partial charge on any atom is 0.246 e. The Bertz CT molecular complexity index is 1340. The van der Waals surface area contributed by atoms with E-state index in [0.29, 0.717) is 85.4 Å². The van der Waals surface area contributed by atoms with Gasteiger partial charge in [0.15, 0.2) is 5.11 Å². The van der Waals surface area contributed by atoms with Gasteiger partial charge in [-0.1, -0.05) is 18.8 Å². The van der Waals surface area contributed by atoms with Gasteiger partial charge in [-0.05, 0) is 108 Å². The molecule has 0 unspecified atom stereocenters. The Hall–Kier alpha value is -4.26. The minimum atomic E-state index is -0.517. The van der Waals surface area contributed by atoms with Crippen LogP contribution in [0.3, 0.4) is 0 Å². The van der Waals surface area contributed by atoms with Crippen LogP contribution in [0.2, 0.25) is 0 Å². The normalized spacial score (nSPS) is 10.4. The molecular weight excluding hydrogens is 723 g/mol. The molecule has 18 heteroatoms. The lowest BCUT2D eigenvalue weighted by Crippen LogP contribution is -2.30. The van der Waals surface area contributed by atoms with Crippen molar-refractivity contribution in [3.05, 3.63) is 41.4 Å². The zero-order valence-electron chi connectivity index (χ0n) is 31.0. The molecule has 0 spiro atoms. The van der Waals surface area contributed by atoms with E-state index in [1.54, 1.807) is 0 Å². The average molecular weight is 780 g/mol. The van der Waals surface area contributed by atoms with E-state index in [4.69, 9.17) is 24.4 Å². The van der Waals surface area contributed by atoms with Crippen LogP contribution in [0.1, 0.15) is 97.3 Å². The molecule has 0 fully saturated rings. The molecular formula is C35H57N9O7S2. The number of unbranched alkanes of at least 4 members (excludes halogenated alkanes) is 6. The third-order valence-electron chi connectivity index (χ3n) is 7.83. The van der Waals surface area contributed by atoms with Crippen LogP contribution in [0.25, 0.3) is 0 Å². The van der Waals surface area contributed by atoms with E-state index in [0.717, 1.165) is 40.7 Å². The summed E-state index contributed by atoms with van der Waals surface area (Å²) in [6, 6.07) is 7.62. The molecule has 1 aromatic carbocycles. The molecule has 0 saturated carbocycles. The van der Waals surface area contributed by atoms with Gasteiger partial charge in [-0.25, -0.2) is 10.1 Å². The Morgan fingerprint density at radius 2 is 1.17 bits per heavy atom. The summed E-state index contributed by atoms with van der Waals surface area (Å²) in [7, 11) is 0. The molecule has 1 rings (SSSR count). The minimum absolute atomic E-state index is 0.0561. The second-order valence-electron chi connectivity index (χ2n) is 12.5. The first-order valence-corrected chi connectivity index (χ1v) is 18.8. The van der Waals surface area contributed by atoms with Gasteiger partial charge in [-0.3, -0.25) is 29.6 Å². The van der Waals surface area contributed by atoms with Gasteiger partial charge >= 0.3 is 0 Å². The molecule has 0 aliphatic rings. The van der Waals surface area contributed by atoms with Crippen LogP contribution >= 0.6 is 24.4 Å². The number of carbonyl (C=O) groups excluding carboxylic acids is 4. The molecule has 1 aromatic rings. The number of thiocarbonyl (C=S) groups is 2. The fraction of sp³-hybridized carbons (Fsp3) is 0.600. The lowest BCUT2D eigenvalue weighted by molar-refractivity contribution is -0.165. The molecule has 296 valence electrons. The van der Waals surface area contributed by atoms with E-state index in [-0.39, 0.29) is 50.7 Å². The van der Waals surface area contributed by atoms with E-state index in [1.807, 2.05) is 31.2 Å². The lowest BCUT2D eigenvalue weighted by Gasteiger charge is -2.16. The number of nitrogens with one attached hydrogen (secondary N) is 5. The largest absolute Gasteiger partial charge is 0.389 e. The van der Waals surface area contributed by atoms with E-state index in [9.17, 15) is 34.5 Å². The summed E-state index contributed by atoms with van der Waals surface area (Å²) >= 11 is 10.4. The van der Waals surface area contributed by atoms with E-state index in [2.05, 4.69) is 38.4 Å². The van der Waals surface area contributed by atoms with Gasteiger partial charge in [0, 0.05) is 82.5 Å². The van der Waals surface area contributed by atoms with Crippen molar-refractivity contribution in [3.8, 4) is 0 Å². The zero-order chi connectivity index (χ0) is 39.4. The Kier molecular flexibility index (Phi) is 24.9. The Morgan fingerprint density at radius 1 is 0.660 bits per heavy atom. The number of hydrogen-bond donors (Lipinski definition) is 7. The molecule has 7 N–H and O–H groups in total. The summed E-state index contributed by atoms with van der Waals surface area (Å²) in [6.07, 6.45) is 6.55. The summed E-state index contributed by atoms with van der Waals surface area (Å²) in [5, 5.41) is 40.2. The van der Waals surface area contributed by atoms with Crippen LogP contribution < -0.4 is 26.6 Å². The number of carbonyl (C=O) groups is 4. The SMILES string of the molecule is C=C(CCC(=O)N(O)CCCCCNC(=S)Nc1ccc(NC(C)=S)cc1)NCCCCCN(N=O)C(=O)CCC(=O)NCCCCCN(O)C(C)=O. The van der Waals surface area contributed by atoms with Gasteiger partial charge in [0.05, 0.1) is 10.3 Å². The Labute approximate surface area is 323 Å². The standard InChI is InChI=1S/C35H57N9O7S2/c1-27(13-19-34(48)44(51)26-12-6-9-23-38-35(53)40-31-16-14-30(15-17-31)39-28(2)52)36-21-7-4-10-24-42(41-49)33(47)20-18-32(46)37-22-8-5-11-25-43(50)29(3)45/h14-17,36,50-51H,1,4-13,18-26H2,2-3H3,(H,37,46)(H,39,52)(H2,38,40,53). The fourth-order valence-corrected chi connectivity index (χ4v) is 5.14. The van der Waals surface area contributed by atoms with Crippen LogP contribution in [-0.4, -0.2) is 98.5 Å². The highest BCUT2D eigenvalue weighted by atomic mass is 32.1. The van der Waals surface area contributed by atoms with Crippen LogP contribution in [-0.2, 0) is 19.2 Å². The highest BCUT2D eigenvalue weighted by Crippen LogP contribution is 2.14. The number of allylic oxidation sites excluding steroid dienone is 1. The Balaban J connectivity index is 2.06. The number of hydroxylamine groups is 4. The summed E-state index contributed by atoms with van der Waals surface area (Å²) in [5.74, 6) is -1.62. The number of nitroso groups, excluding NO2 is 1. The number of amides is 4. The predicted octanol–water partition coefficient (Wildman–Crippen LogP) is 4.99. The molecule has 0 aliphatic heterocycles. The van der Waals surface area contributed by atoms with E-state index in [1.165, 1.54) is 6.92 Å². The molecule has 0 radical (unpaired) electrons. The van der Waals surface area contributed by atoms with Crippen molar-refractivity contribution in [2.45, 2.75) is 97.3 Å². The number of benzene rings is 1. The van der Waals surface area contributed by atoms with Crippen LogP contribution in [0, 0.1) is 4.91 Å². The van der Waals surface area contributed by atoms with Crippen LogP contribution in [0.15, 0.2) is 41.8 Å². The molecule has 0 aromatic heterocycles. The molecule has 0 atom stereocenters. The number of hydrogen-bond acceptors (Lipinski definition) is 11. The average Bonchev–Trinajstić information content (AvgIpc) is 3.12. The van der Waals surface area contributed by atoms with Gasteiger partial charge in [-0.2, -0.15) is 5.01 Å². The van der Waals surface area contributed by atoms with Crippen molar-refractivity contribution in [2.75, 3.05) is 49.9 Å². The molecule has 0 aliphatic carbocycles. The second-order valence-corrected chi connectivity index (χ2v) is 13.5. The second kappa shape index (κ2) is 28.3. The number of nitrogens with zero attached hydrogens (tertiary/aromatic N) is 4. The fourth-order valence-electron chi connectivity index (χ4n) is 4.81. The van der Waals surface area contributed by atoms with Crippen molar-refractivity contribution in [3.63, 3.8) is 0 Å². The van der Waals surface area contributed by atoms with Gasteiger partial charge in [-0.15, -0.1) is 4.91 Å². The monoisotopic (exact) mass is 779 g/mol.